The summed E-state index contributed by atoms with van der Waals surface area (Å²) < 4.78 is 15.3. The molecule has 0 aliphatic heterocycles. The first-order valence-corrected chi connectivity index (χ1v) is 11.6. The summed E-state index contributed by atoms with van der Waals surface area (Å²) in [4.78, 5) is 31.7. The third-order valence-electron chi connectivity index (χ3n) is 5.80. The molecule has 0 bridgehead atoms. The van der Waals surface area contributed by atoms with Gasteiger partial charge in [-0.1, -0.05) is 26.0 Å². The van der Waals surface area contributed by atoms with Gasteiger partial charge in [0.2, 0.25) is 5.91 Å². The number of nitrogens with zero attached hydrogens (tertiary/aromatic N) is 3. The number of halogens is 1. The Morgan fingerprint density at radius 3 is 2.37 bits per heavy atom. The summed E-state index contributed by atoms with van der Waals surface area (Å²) >= 11 is 0. The average molecular weight is 473 g/mol. The predicted molar refractivity (Wildman–Crippen MR) is 136 cm³/mol. The lowest BCUT2D eigenvalue weighted by atomic mass is 10.1. The fraction of sp³-hybridized carbons (Fsp3) is 0.250. The normalized spacial score (nSPS) is 11.1. The maximum Gasteiger partial charge on any atom is 0.255 e. The molecule has 0 saturated carbocycles. The van der Waals surface area contributed by atoms with Crippen molar-refractivity contribution in [3.05, 3.63) is 89.5 Å². The Morgan fingerprint density at radius 1 is 1.03 bits per heavy atom. The molecule has 1 aromatic heterocycles. The van der Waals surface area contributed by atoms with Crippen molar-refractivity contribution in [2.45, 2.75) is 27.2 Å². The van der Waals surface area contributed by atoms with E-state index in [4.69, 9.17) is 0 Å². The number of anilines is 1. The highest BCUT2D eigenvalue weighted by molar-refractivity contribution is 6.06. The minimum atomic E-state index is -0.311. The highest BCUT2D eigenvalue weighted by Crippen LogP contribution is 2.23. The van der Waals surface area contributed by atoms with E-state index in [-0.39, 0.29) is 17.6 Å². The molecule has 1 N–H and O–H groups in total. The van der Waals surface area contributed by atoms with Crippen LogP contribution in [-0.2, 0) is 11.2 Å². The molecule has 0 saturated heterocycles. The number of hydrogen-bond acceptors (Lipinski definition) is 3. The van der Waals surface area contributed by atoms with Crippen molar-refractivity contribution in [1.29, 1.82) is 0 Å². The van der Waals surface area contributed by atoms with E-state index < -0.39 is 0 Å². The molecule has 6 nitrogen and oxygen atoms in total. The molecular formula is C28H29FN4O2. The zero-order valence-corrected chi connectivity index (χ0v) is 20.4. The quantitative estimate of drug-likeness (QED) is 0.393. The van der Waals surface area contributed by atoms with Gasteiger partial charge >= 0.3 is 0 Å². The van der Waals surface area contributed by atoms with Crippen molar-refractivity contribution >= 4 is 28.5 Å². The van der Waals surface area contributed by atoms with E-state index in [2.05, 4.69) is 24.1 Å². The van der Waals surface area contributed by atoms with Crippen LogP contribution in [0.15, 0.2) is 66.7 Å². The number of carbonyl (C=O) groups excluding carboxylic acids is 2. The van der Waals surface area contributed by atoms with Gasteiger partial charge in [0, 0.05) is 30.5 Å². The van der Waals surface area contributed by atoms with E-state index in [1.807, 2.05) is 30.7 Å². The van der Waals surface area contributed by atoms with E-state index in [1.165, 1.54) is 12.1 Å². The molecule has 4 aromatic rings. The van der Waals surface area contributed by atoms with Gasteiger partial charge in [0.15, 0.2) is 0 Å². The number of nitrogens with one attached hydrogen (secondary N) is 1. The summed E-state index contributed by atoms with van der Waals surface area (Å²) in [6, 6.07) is 18.8. The fourth-order valence-corrected chi connectivity index (χ4v) is 4.12. The summed E-state index contributed by atoms with van der Waals surface area (Å²) in [6.07, 6.45) is 0.320. The maximum absolute atomic E-state index is 13.4. The maximum atomic E-state index is 13.4. The molecule has 4 rings (SSSR count). The molecule has 3 aromatic carbocycles. The monoisotopic (exact) mass is 472 g/mol. The van der Waals surface area contributed by atoms with Gasteiger partial charge in [-0.25, -0.2) is 9.37 Å². The second-order valence-corrected chi connectivity index (χ2v) is 9.17. The standard InChI is InChI=1S/C28H29FN4O2/c1-18(2)17-32(4)27(34)15-20-5-10-23(11-6-20)31-28(35)21-7-14-25-26(16-21)33(19(3)30-25)24-12-8-22(29)9-13-24/h5-14,16,18H,15,17H2,1-4H3,(H,31,35). The number of fused-ring (bicyclic) bond motifs is 1. The van der Waals surface area contributed by atoms with Crippen LogP contribution in [0.1, 0.15) is 35.6 Å². The second kappa shape index (κ2) is 10.1. The van der Waals surface area contributed by atoms with E-state index in [0.717, 1.165) is 34.7 Å². The number of likely N-dealkylation sites (N-methyl/N-ethyl adjacent to an activating group) is 1. The zero-order chi connectivity index (χ0) is 25.1. The lowest BCUT2D eigenvalue weighted by molar-refractivity contribution is -0.129. The van der Waals surface area contributed by atoms with Gasteiger partial charge in [0.25, 0.3) is 5.91 Å². The predicted octanol–water partition coefficient (Wildman–Crippen LogP) is 5.38. The van der Waals surface area contributed by atoms with Gasteiger partial charge in [-0.15, -0.1) is 0 Å². The lowest BCUT2D eigenvalue weighted by Crippen LogP contribution is -2.31. The van der Waals surface area contributed by atoms with Crippen LogP contribution in [0.4, 0.5) is 10.1 Å². The number of rotatable bonds is 7. The van der Waals surface area contributed by atoms with Crippen LogP contribution in [0.2, 0.25) is 0 Å². The Kier molecular flexibility index (Phi) is 6.96. The molecule has 0 fully saturated rings. The highest BCUT2D eigenvalue weighted by Gasteiger charge is 2.14. The van der Waals surface area contributed by atoms with Gasteiger partial charge in [-0.2, -0.15) is 0 Å². The third-order valence-corrected chi connectivity index (χ3v) is 5.80. The van der Waals surface area contributed by atoms with E-state index in [9.17, 15) is 14.0 Å². The van der Waals surface area contributed by atoms with Crippen molar-refractivity contribution in [2.24, 2.45) is 5.92 Å². The van der Waals surface area contributed by atoms with Crippen molar-refractivity contribution in [3.63, 3.8) is 0 Å². The number of carbonyl (C=O) groups is 2. The number of amides is 2. The van der Waals surface area contributed by atoms with Gasteiger partial charge in [0.1, 0.15) is 11.6 Å². The van der Waals surface area contributed by atoms with Crippen LogP contribution in [0, 0.1) is 18.7 Å². The van der Waals surface area contributed by atoms with E-state index in [1.54, 1.807) is 47.4 Å². The van der Waals surface area contributed by atoms with Gasteiger partial charge in [-0.05, 0) is 73.0 Å². The van der Waals surface area contributed by atoms with Gasteiger partial charge in [0.05, 0.1) is 17.5 Å². The van der Waals surface area contributed by atoms with Crippen LogP contribution in [-0.4, -0.2) is 39.9 Å². The summed E-state index contributed by atoms with van der Waals surface area (Å²) in [5.41, 5.74) is 4.30. The van der Waals surface area contributed by atoms with Crippen LogP contribution in [0.5, 0.6) is 0 Å². The Balaban J connectivity index is 1.49. The Hall–Kier alpha value is -4.00. The smallest absolute Gasteiger partial charge is 0.255 e. The topological polar surface area (TPSA) is 67.2 Å². The molecule has 0 unspecified atom stereocenters. The van der Waals surface area contributed by atoms with Crippen LogP contribution in [0.3, 0.4) is 0 Å². The molecule has 0 aliphatic carbocycles. The number of benzene rings is 3. The summed E-state index contributed by atoms with van der Waals surface area (Å²) in [6.45, 7) is 6.75. The average Bonchev–Trinajstić information content (AvgIpc) is 3.15. The third kappa shape index (κ3) is 5.57. The molecule has 0 atom stereocenters. The molecule has 180 valence electrons. The molecule has 2 amide bonds. The number of aryl methyl sites for hydroxylation is 1. The molecule has 0 radical (unpaired) electrons. The molecule has 1 heterocycles. The SMILES string of the molecule is Cc1nc2ccc(C(=O)Nc3ccc(CC(=O)N(C)CC(C)C)cc3)cc2n1-c1ccc(F)cc1. The first-order chi connectivity index (χ1) is 16.7. The summed E-state index contributed by atoms with van der Waals surface area (Å²) in [5, 5.41) is 2.91. The minimum Gasteiger partial charge on any atom is -0.345 e. The lowest BCUT2D eigenvalue weighted by Gasteiger charge is -2.19. The summed E-state index contributed by atoms with van der Waals surface area (Å²) in [5.74, 6) is 0.662. The molecular weight excluding hydrogens is 443 g/mol. The number of hydrogen-bond donors (Lipinski definition) is 1. The van der Waals surface area contributed by atoms with Gasteiger partial charge < -0.3 is 10.2 Å². The highest BCUT2D eigenvalue weighted by atomic mass is 19.1. The van der Waals surface area contributed by atoms with Crippen molar-refractivity contribution in [3.8, 4) is 5.69 Å². The van der Waals surface area contributed by atoms with Crippen LogP contribution in [0.25, 0.3) is 16.7 Å². The van der Waals surface area contributed by atoms with Gasteiger partial charge in [-0.3, -0.25) is 14.2 Å². The molecule has 0 aliphatic rings. The van der Waals surface area contributed by atoms with Crippen molar-refractivity contribution in [2.75, 3.05) is 18.9 Å². The summed E-state index contributed by atoms with van der Waals surface area (Å²) in [7, 11) is 1.82. The molecule has 0 spiro atoms. The zero-order valence-electron chi connectivity index (χ0n) is 20.4. The van der Waals surface area contributed by atoms with E-state index in [0.29, 0.717) is 23.6 Å². The van der Waals surface area contributed by atoms with Crippen molar-refractivity contribution < 1.29 is 14.0 Å². The second-order valence-electron chi connectivity index (χ2n) is 9.17. The first kappa shape index (κ1) is 24.1. The number of imidazole rings is 1. The fourth-order valence-electron chi connectivity index (χ4n) is 4.12. The minimum absolute atomic E-state index is 0.0665. The number of aromatic nitrogens is 2. The van der Waals surface area contributed by atoms with E-state index >= 15 is 0 Å². The van der Waals surface area contributed by atoms with Crippen LogP contribution >= 0.6 is 0 Å². The van der Waals surface area contributed by atoms with Crippen LogP contribution < -0.4 is 5.32 Å². The Labute approximate surface area is 204 Å². The molecule has 35 heavy (non-hydrogen) atoms. The Morgan fingerprint density at radius 2 is 1.71 bits per heavy atom. The largest absolute Gasteiger partial charge is 0.345 e. The Bertz CT molecular complexity index is 1360. The first-order valence-electron chi connectivity index (χ1n) is 11.6. The van der Waals surface area contributed by atoms with Crippen molar-refractivity contribution in [1.82, 2.24) is 14.5 Å². The molecule has 7 heteroatoms.